The molecule has 2 fully saturated rings. The van der Waals surface area contributed by atoms with Crippen LogP contribution in [0.3, 0.4) is 0 Å². The van der Waals surface area contributed by atoms with E-state index >= 15 is 0 Å². The molecule has 2 atom stereocenters. The zero-order valence-corrected chi connectivity index (χ0v) is 22.2. The highest BCUT2D eigenvalue weighted by Crippen LogP contribution is 2.63. The van der Waals surface area contributed by atoms with E-state index in [4.69, 9.17) is 0 Å². The van der Waals surface area contributed by atoms with Crippen molar-refractivity contribution in [1.82, 2.24) is 4.90 Å². The van der Waals surface area contributed by atoms with E-state index in [1.807, 2.05) is 0 Å². The van der Waals surface area contributed by atoms with Crippen molar-refractivity contribution in [2.45, 2.75) is 91.6 Å². The number of rotatable bonds is 4. The molecular formula is C33H42N2. The second kappa shape index (κ2) is 8.87. The van der Waals surface area contributed by atoms with Crippen LogP contribution in [0, 0.1) is 38.0 Å². The maximum absolute atomic E-state index is 2.71. The fourth-order valence-electron chi connectivity index (χ4n) is 8.33. The number of hydrogen-bond donors (Lipinski definition) is 0. The largest absolute Gasteiger partial charge is 0.324 e. The van der Waals surface area contributed by atoms with Gasteiger partial charge in [-0.15, -0.1) is 0 Å². The van der Waals surface area contributed by atoms with Gasteiger partial charge in [-0.25, -0.2) is 0 Å². The first-order chi connectivity index (χ1) is 17.0. The van der Waals surface area contributed by atoms with E-state index in [9.17, 15) is 0 Å². The smallest absolute Gasteiger partial charge is 0.136 e. The second-order valence-electron chi connectivity index (χ2n) is 11.7. The molecule has 184 valence electrons. The molecule has 2 aliphatic carbocycles. The number of anilines is 1. The number of nitrogens with zero attached hydrogens (tertiary/aromatic N) is 2. The maximum atomic E-state index is 2.71. The Morgan fingerprint density at radius 3 is 1.89 bits per heavy atom. The molecule has 0 saturated heterocycles. The van der Waals surface area contributed by atoms with Crippen LogP contribution < -0.4 is 4.90 Å². The number of aryl methyl sites for hydroxylation is 3. The van der Waals surface area contributed by atoms with Crippen molar-refractivity contribution < 1.29 is 0 Å². The third-order valence-corrected chi connectivity index (χ3v) is 9.88. The number of para-hydroxylation sites is 1. The molecule has 0 spiro atoms. The van der Waals surface area contributed by atoms with Gasteiger partial charge in [0.1, 0.15) is 6.17 Å². The molecule has 4 aliphatic rings. The first-order valence-corrected chi connectivity index (χ1v) is 14.1. The van der Waals surface area contributed by atoms with Gasteiger partial charge in [0.15, 0.2) is 0 Å². The summed E-state index contributed by atoms with van der Waals surface area (Å²) in [5, 5.41) is 0. The molecule has 2 saturated carbocycles. The van der Waals surface area contributed by atoms with E-state index in [1.54, 1.807) is 5.70 Å². The Morgan fingerprint density at radius 1 is 0.686 bits per heavy atom. The predicted molar refractivity (Wildman–Crippen MR) is 147 cm³/mol. The molecule has 6 rings (SSSR count). The van der Waals surface area contributed by atoms with Crippen LogP contribution in [0.5, 0.6) is 0 Å². The first kappa shape index (κ1) is 23.0. The van der Waals surface area contributed by atoms with Gasteiger partial charge in [-0.3, -0.25) is 0 Å². The molecule has 0 radical (unpaired) electrons. The predicted octanol–water partition coefficient (Wildman–Crippen LogP) is 8.95. The highest BCUT2D eigenvalue weighted by molar-refractivity contribution is 5.65. The number of allylic oxidation sites excluding steroid dienone is 2. The molecule has 0 aromatic heterocycles. The van der Waals surface area contributed by atoms with Crippen LogP contribution in [0.2, 0.25) is 0 Å². The molecule has 2 heterocycles. The third-order valence-electron chi connectivity index (χ3n) is 9.88. The summed E-state index contributed by atoms with van der Waals surface area (Å²) in [6, 6.07) is 15.8. The van der Waals surface area contributed by atoms with Gasteiger partial charge in [0, 0.05) is 34.3 Å². The summed E-state index contributed by atoms with van der Waals surface area (Å²) in [4.78, 5) is 5.40. The Balaban J connectivity index is 1.57. The van der Waals surface area contributed by atoms with E-state index in [0.29, 0.717) is 0 Å². The van der Waals surface area contributed by atoms with Crippen LogP contribution in [-0.4, -0.2) is 4.90 Å². The molecule has 2 heteroatoms. The molecule has 2 aliphatic heterocycles. The number of benzene rings is 2. The summed E-state index contributed by atoms with van der Waals surface area (Å²) in [7, 11) is 0. The van der Waals surface area contributed by atoms with Crippen molar-refractivity contribution in [1.29, 1.82) is 0 Å². The maximum Gasteiger partial charge on any atom is 0.136 e. The topological polar surface area (TPSA) is 6.48 Å². The molecule has 2 unspecified atom stereocenters. The summed E-state index contributed by atoms with van der Waals surface area (Å²) in [6.45, 7) is 9.31. The third kappa shape index (κ3) is 3.43. The van der Waals surface area contributed by atoms with Crippen molar-refractivity contribution in [2.75, 3.05) is 4.90 Å². The Morgan fingerprint density at radius 2 is 1.26 bits per heavy atom. The van der Waals surface area contributed by atoms with Gasteiger partial charge in [-0.1, -0.05) is 74.6 Å². The van der Waals surface area contributed by atoms with E-state index in [2.05, 4.69) is 92.2 Å². The summed E-state index contributed by atoms with van der Waals surface area (Å²) < 4.78 is 0. The molecule has 0 N–H and O–H groups in total. The Labute approximate surface area is 212 Å². The lowest BCUT2D eigenvalue weighted by Crippen LogP contribution is -2.39. The Kier molecular flexibility index (Phi) is 5.82. The van der Waals surface area contributed by atoms with Gasteiger partial charge < -0.3 is 9.80 Å². The van der Waals surface area contributed by atoms with Gasteiger partial charge in [-0.05, 0) is 88.0 Å². The summed E-state index contributed by atoms with van der Waals surface area (Å²) in [5.41, 5.74) is 10.3. The van der Waals surface area contributed by atoms with Gasteiger partial charge in [-0.2, -0.15) is 0 Å². The average Bonchev–Trinajstić information content (AvgIpc) is 3.59. The lowest BCUT2D eigenvalue weighted by Gasteiger charge is -2.45. The zero-order valence-electron chi connectivity index (χ0n) is 22.2. The van der Waals surface area contributed by atoms with Gasteiger partial charge in [0.25, 0.3) is 0 Å². The van der Waals surface area contributed by atoms with Crippen molar-refractivity contribution in [3.63, 3.8) is 0 Å². The zero-order chi connectivity index (χ0) is 24.2. The standard InChI is InChI=1S/C33H42N2/c1-23-13-8-11-20-29(23)35-26(4)31-33(28-18-9-10-19-28,27-16-6-5-7-17-27)21-22-34(31)32(35)30-24(2)14-12-15-25(30)3/h8,11-15,20-22,27-28,32H,5-7,9-10,16-19H2,1-4H3. The lowest BCUT2D eigenvalue weighted by molar-refractivity contribution is 0.120. The summed E-state index contributed by atoms with van der Waals surface area (Å²) in [5.74, 6) is 1.56. The SMILES string of the molecule is CC1=C2N(C=CC2(C2CCCCC2)C2CCCC2)C(c2c(C)cccc2C)N1c1ccccc1C. The minimum Gasteiger partial charge on any atom is -0.324 e. The highest BCUT2D eigenvalue weighted by atomic mass is 15.4. The van der Waals surface area contributed by atoms with E-state index < -0.39 is 0 Å². The quantitative estimate of drug-likeness (QED) is 0.444. The molecule has 0 amide bonds. The Hall–Kier alpha value is -2.48. The van der Waals surface area contributed by atoms with Crippen LogP contribution >= 0.6 is 0 Å². The molecule has 2 nitrogen and oxygen atoms in total. The minimum atomic E-state index is 0.190. The minimum absolute atomic E-state index is 0.190. The second-order valence-corrected chi connectivity index (χ2v) is 11.7. The lowest BCUT2D eigenvalue weighted by atomic mass is 9.60. The fourth-order valence-corrected chi connectivity index (χ4v) is 8.33. The van der Waals surface area contributed by atoms with E-state index in [1.165, 1.54) is 91.4 Å². The summed E-state index contributed by atoms with van der Waals surface area (Å²) >= 11 is 0. The van der Waals surface area contributed by atoms with Crippen molar-refractivity contribution >= 4 is 5.69 Å². The molecule has 0 bridgehead atoms. The van der Waals surface area contributed by atoms with Crippen molar-refractivity contribution in [2.24, 2.45) is 17.3 Å². The fraction of sp³-hybridized carbons (Fsp3) is 0.515. The molecule has 2 aromatic carbocycles. The Bertz CT molecular complexity index is 1140. The normalized spacial score (nSPS) is 27.4. The van der Waals surface area contributed by atoms with E-state index in [0.717, 1.165) is 11.8 Å². The highest BCUT2D eigenvalue weighted by Gasteiger charge is 2.56. The van der Waals surface area contributed by atoms with Crippen molar-refractivity contribution in [3.05, 3.63) is 88.4 Å². The van der Waals surface area contributed by atoms with Crippen molar-refractivity contribution in [3.8, 4) is 0 Å². The van der Waals surface area contributed by atoms with Crippen LogP contribution in [-0.2, 0) is 0 Å². The van der Waals surface area contributed by atoms with Gasteiger partial charge >= 0.3 is 0 Å². The van der Waals surface area contributed by atoms with Gasteiger partial charge in [0.05, 0.1) is 0 Å². The summed E-state index contributed by atoms with van der Waals surface area (Å²) in [6.07, 6.45) is 18.0. The molecular weight excluding hydrogens is 424 g/mol. The van der Waals surface area contributed by atoms with E-state index in [-0.39, 0.29) is 11.6 Å². The average molecular weight is 467 g/mol. The van der Waals surface area contributed by atoms with Crippen LogP contribution in [0.15, 0.2) is 66.1 Å². The molecule has 35 heavy (non-hydrogen) atoms. The number of fused-ring (bicyclic) bond motifs is 1. The number of hydrogen-bond acceptors (Lipinski definition) is 2. The van der Waals surface area contributed by atoms with Crippen LogP contribution in [0.1, 0.15) is 93.1 Å². The molecule has 2 aromatic rings. The van der Waals surface area contributed by atoms with Gasteiger partial charge in [0.2, 0.25) is 0 Å². The first-order valence-electron chi connectivity index (χ1n) is 14.1. The monoisotopic (exact) mass is 466 g/mol. The van der Waals surface area contributed by atoms with Crippen LogP contribution in [0.4, 0.5) is 5.69 Å². The van der Waals surface area contributed by atoms with Crippen LogP contribution in [0.25, 0.3) is 0 Å².